The minimum absolute atomic E-state index is 0.0396. The van der Waals surface area contributed by atoms with Crippen LogP contribution in [0.3, 0.4) is 0 Å². The number of aromatic hydroxyl groups is 1. The number of carbonyl (C=O) groups excluding carboxylic acids is 2. The molecule has 0 unspecified atom stereocenters. The lowest BCUT2D eigenvalue weighted by Gasteiger charge is -2.09. The van der Waals surface area contributed by atoms with E-state index in [1.54, 1.807) is 0 Å². The molecule has 5 nitrogen and oxygen atoms in total. The van der Waals surface area contributed by atoms with Gasteiger partial charge >= 0.3 is 0 Å². The van der Waals surface area contributed by atoms with Gasteiger partial charge in [0.1, 0.15) is 11.6 Å². The van der Waals surface area contributed by atoms with E-state index in [0.29, 0.717) is 0 Å². The molecular formula is C13H17FN2O3. The lowest BCUT2D eigenvalue weighted by Crippen LogP contribution is -2.34. The molecule has 6 heteroatoms. The van der Waals surface area contributed by atoms with Crippen molar-refractivity contribution in [3.63, 3.8) is 0 Å². The summed E-state index contributed by atoms with van der Waals surface area (Å²) in [6.07, 6.45) is 0.129. The standard InChI is InChI=1S/C13H17FN2O3/c1-8(2)16-12(18)5-6-15-13(19)10-4-3-9(17)7-11(10)14/h3-4,7-8,17H,5-6H2,1-2H3,(H,15,19)(H,16,18). The van der Waals surface area contributed by atoms with Crippen molar-refractivity contribution in [2.45, 2.75) is 26.3 Å². The fraction of sp³-hybridized carbons (Fsp3) is 0.385. The van der Waals surface area contributed by atoms with Crippen molar-refractivity contribution in [2.75, 3.05) is 6.54 Å². The summed E-state index contributed by atoms with van der Waals surface area (Å²) in [5, 5.41) is 14.1. The predicted octanol–water partition coefficient (Wildman–Crippen LogP) is 1.18. The van der Waals surface area contributed by atoms with Crippen molar-refractivity contribution < 1.29 is 19.1 Å². The largest absolute Gasteiger partial charge is 0.508 e. The van der Waals surface area contributed by atoms with Gasteiger partial charge in [0.05, 0.1) is 5.56 Å². The van der Waals surface area contributed by atoms with Crippen molar-refractivity contribution in [2.24, 2.45) is 0 Å². The summed E-state index contributed by atoms with van der Waals surface area (Å²) in [6.45, 7) is 3.79. The molecule has 19 heavy (non-hydrogen) atoms. The molecule has 0 aromatic heterocycles. The van der Waals surface area contributed by atoms with Gasteiger partial charge in [0, 0.05) is 25.1 Å². The van der Waals surface area contributed by atoms with E-state index in [-0.39, 0.29) is 36.2 Å². The lowest BCUT2D eigenvalue weighted by atomic mass is 10.2. The first-order valence-electron chi connectivity index (χ1n) is 5.96. The first-order chi connectivity index (χ1) is 8.90. The van der Waals surface area contributed by atoms with Crippen LogP contribution in [0, 0.1) is 5.82 Å². The number of rotatable bonds is 5. The van der Waals surface area contributed by atoms with Crippen LogP contribution < -0.4 is 10.6 Å². The summed E-state index contributed by atoms with van der Waals surface area (Å²) >= 11 is 0. The molecule has 0 radical (unpaired) electrons. The average Bonchev–Trinajstić information content (AvgIpc) is 2.27. The van der Waals surface area contributed by atoms with E-state index < -0.39 is 11.7 Å². The Labute approximate surface area is 110 Å². The molecule has 0 heterocycles. The van der Waals surface area contributed by atoms with Crippen molar-refractivity contribution in [1.82, 2.24) is 10.6 Å². The van der Waals surface area contributed by atoms with E-state index in [2.05, 4.69) is 10.6 Å². The molecule has 0 aliphatic rings. The second-order valence-electron chi connectivity index (χ2n) is 4.39. The van der Waals surface area contributed by atoms with Crippen LogP contribution in [0.15, 0.2) is 18.2 Å². The van der Waals surface area contributed by atoms with Gasteiger partial charge in [0.25, 0.3) is 5.91 Å². The molecule has 0 fully saturated rings. The Morgan fingerprint density at radius 2 is 2.05 bits per heavy atom. The third-order valence-electron chi connectivity index (χ3n) is 2.28. The van der Waals surface area contributed by atoms with Crippen LogP contribution in [0.1, 0.15) is 30.6 Å². The number of phenolic OH excluding ortho intramolecular Hbond substituents is 1. The zero-order chi connectivity index (χ0) is 14.4. The number of hydrogen-bond donors (Lipinski definition) is 3. The van der Waals surface area contributed by atoms with E-state index in [9.17, 15) is 14.0 Å². The molecule has 2 amide bonds. The maximum absolute atomic E-state index is 13.4. The molecule has 0 aliphatic carbocycles. The Morgan fingerprint density at radius 1 is 1.37 bits per heavy atom. The number of carbonyl (C=O) groups is 2. The molecular weight excluding hydrogens is 251 g/mol. The normalized spacial score (nSPS) is 10.3. The molecule has 0 bridgehead atoms. The molecule has 1 rings (SSSR count). The molecule has 1 aromatic carbocycles. The van der Waals surface area contributed by atoms with Crippen LogP contribution in [-0.2, 0) is 4.79 Å². The van der Waals surface area contributed by atoms with E-state index in [4.69, 9.17) is 5.11 Å². The van der Waals surface area contributed by atoms with Crippen LogP contribution in [-0.4, -0.2) is 29.5 Å². The highest BCUT2D eigenvalue weighted by molar-refractivity contribution is 5.94. The van der Waals surface area contributed by atoms with Gasteiger partial charge in [-0.15, -0.1) is 0 Å². The van der Waals surface area contributed by atoms with E-state index in [0.717, 1.165) is 6.07 Å². The highest BCUT2D eigenvalue weighted by atomic mass is 19.1. The summed E-state index contributed by atoms with van der Waals surface area (Å²) in [5.74, 6) is -1.84. The first kappa shape index (κ1) is 14.9. The third kappa shape index (κ3) is 4.95. The molecule has 3 N–H and O–H groups in total. The van der Waals surface area contributed by atoms with Gasteiger partial charge in [-0.3, -0.25) is 9.59 Å². The Bertz CT molecular complexity index is 475. The van der Waals surface area contributed by atoms with E-state index in [1.807, 2.05) is 13.8 Å². The third-order valence-corrected chi connectivity index (χ3v) is 2.28. The fourth-order valence-corrected chi connectivity index (χ4v) is 1.47. The second kappa shape index (κ2) is 6.72. The summed E-state index contributed by atoms with van der Waals surface area (Å²) in [6, 6.07) is 3.32. The van der Waals surface area contributed by atoms with Crippen molar-refractivity contribution in [3.8, 4) is 5.75 Å². The molecule has 0 aliphatic heterocycles. The van der Waals surface area contributed by atoms with Crippen molar-refractivity contribution in [1.29, 1.82) is 0 Å². The van der Waals surface area contributed by atoms with Gasteiger partial charge in [-0.05, 0) is 26.0 Å². The number of nitrogens with one attached hydrogen (secondary N) is 2. The zero-order valence-corrected chi connectivity index (χ0v) is 10.9. The van der Waals surface area contributed by atoms with Crippen LogP contribution in [0.5, 0.6) is 5.75 Å². The Morgan fingerprint density at radius 3 is 2.63 bits per heavy atom. The minimum atomic E-state index is -0.802. The zero-order valence-electron chi connectivity index (χ0n) is 10.9. The molecule has 0 saturated heterocycles. The topological polar surface area (TPSA) is 78.4 Å². The quantitative estimate of drug-likeness (QED) is 0.750. The number of phenols is 1. The van der Waals surface area contributed by atoms with Gasteiger partial charge in [-0.2, -0.15) is 0 Å². The summed E-state index contributed by atoms with van der Waals surface area (Å²) in [4.78, 5) is 22.9. The van der Waals surface area contributed by atoms with Crippen LogP contribution >= 0.6 is 0 Å². The second-order valence-corrected chi connectivity index (χ2v) is 4.39. The lowest BCUT2D eigenvalue weighted by molar-refractivity contribution is -0.121. The van der Waals surface area contributed by atoms with Crippen LogP contribution in [0.25, 0.3) is 0 Å². The monoisotopic (exact) mass is 268 g/mol. The molecule has 0 spiro atoms. The van der Waals surface area contributed by atoms with Gasteiger partial charge in [0.15, 0.2) is 0 Å². The summed E-state index contributed by atoms with van der Waals surface area (Å²) in [5.41, 5.74) is -0.165. The number of hydrogen-bond acceptors (Lipinski definition) is 3. The van der Waals surface area contributed by atoms with Crippen LogP contribution in [0.2, 0.25) is 0 Å². The maximum atomic E-state index is 13.4. The maximum Gasteiger partial charge on any atom is 0.254 e. The van der Waals surface area contributed by atoms with Crippen molar-refractivity contribution >= 4 is 11.8 Å². The average molecular weight is 268 g/mol. The molecule has 0 atom stereocenters. The van der Waals surface area contributed by atoms with Gasteiger partial charge in [0.2, 0.25) is 5.91 Å². The van der Waals surface area contributed by atoms with Gasteiger partial charge < -0.3 is 15.7 Å². The smallest absolute Gasteiger partial charge is 0.254 e. The molecule has 1 aromatic rings. The number of benzene rings is 1. The van der Waals surface area contributed by atoms with Gasteiger partial charge in [-0.25, -0.2) is 4.39 Å². The first-order valence-corrected chi connectivity index (χ1v) is 5.96. The van der Waals surface area contributed by atoms with Crippen LogP contribution in [0.4, 0.5) is 4.39 Å². The Balaban J connectivity index is 2.45. The highest BCUT2D eigenvalue weighted by Crippen LogP contribution is 2.14. The minimum Gasteiger partial charge on any atom is -0.508 e. The Hall–Kier alpha value is -2.11. The number of halogens is 1. The number of amides is 2. The van der Waals surface area contributed by atoms with Gasteiger partial charge in [-0.1, -0.05) is 0 Å². The van der Waals surface area contributed by atoms with Crippen molar-refractivity contribution in [3.05, 3.63) is 29.6 Å². The van der Waals surface area contributed by atoms with E-state index in [1.165, 1.54) is 12.1 Å². The highest BCUT2D eigenvalue weighted by Gasteiger charge is 2.12. The SMILES string of the molecule is CC(C)NC(=O)CCNC(=O)c1ccc(O)cc1F. The summed E-state index contributed by atoms with van der Waals surface area (Å²) in [7, 11) is 0. The molecule has 104 valence electrons. The molecule has 0 saturated carbocycles. The fourth-order valence-electron chi connectivity index (χ4n) is 1.47. The van der Waals surface area contributed by atoms with E-state index >= 15 is 0 Å². The predicted molar refractivity (Wildman–Crippen MR) is 68.3 cm³/mol. The summed E-state index contributed by atoms with van der Waals surface area (Å²) < 4.78 is 13.4. The Kier molecular flexibility index (Phi) is 5.29.